The maximum Gasteiger partial charge on any atom is 0.0891 e. The lowest BCUT2D eigenvalue weighted by Crippen LogP contribution is -2.53. The van der Waals surface area contributed by atoms with Gasteiger partial charge in [-0.2, -0.15) is 5.26 Å². The SMILES string of the molecule is N#CC(Cc1ccncc1)(c1ccccc1)C1CCN(CC2CN(c3ccc(Sc4ccncc4)cc3)C2)CC1. The van der Waals surface area contributed by atoms with Crippen LogP contribution in [0.5, 0.6) is 0 Å². The van der Waals surface area contributed by atoms with Crippen LogP contribution in [-0.4, -0.2) is 47.6 Å². The van der Waals surface area contributed by atoms with Gasteiger partial charge in [0, 0.05) is 65.8 Å². The highest BCUT2D eigenvalue weighted by atomic mass is 32.2. The molecule has 4 aromatic rings. The van der Waals surface area contributed by atoms with E-state index in [9.17, 15) is 5.26 Å². The summed E-state index contributed by atoms with van der Waals surface area (Å²) in [6.45, 7) is 5.51. The van der Waals surface area contributed by atoms with E-state index in [1.165, 1.54) is 21.0 Å². The molecule has 2 saturated heterocycles. The Bertz CT molecular complexity index is 1390. The van der Waals surface area contributed by atoms with Crippen molar-refractivity contribution in [1.82, 2.24) is 14.9 Å². The number of pyridine rings is 2. The Labute approximate surface area is 241 Å². The number of aromatic nitrogens is 2. The fourth-order valence-corrected chi connectivity index (χ4v) is 7.17. The van der Waals surface area contributed by atoms with Crippen molar-refractivity contribution in [2.24, 2.45) is 11.8 Å². The van der Waals surface area contributed by atoms with Gasteiger partial charge in [-0.3, -0.25) is 9.97 Å². The zero-order valence-corrected chi connectivity index (χ0v) is 23.6. The smallest absolute Gasteiger partial charge is 0.0891 e. The van der Waals surface area contributed by atoms with Crippen molar-refractivity contribution in [2.75, 3.05) is 37.6 Å². The van der Waals surface area contributed by atoms with Gasteiger partial charge in [-0.1, -0.05) is 42.1 Å². The van der Waals surface area contributed by atoms with Crippen LogP contribution in [0.1, 0.15) is 24.0 Å². The molecule has 202 valence electrons. The number of hydrogen-bond acceptors (Lipinski definition) is 6. The van der Waals surface area contributed by atoms with Crippen molar-refractivity contribution in [3.63, 3.8) is 0 Å². The van der Waals surface area contributed by atoms with Gasteiger partial charge in [0.05, 0.1) is 11.5 Å². The van der Waals surface area contributed by atoms with Crippen LogP contribution in [-0.2, 0) is 11.8 Å². The molecule has 5 nitrogen and oxygen atoms in total. The summed E-state index contributed by atoms with van der Waals surface area (Å²) in [4.78, 5) is 15.9. The molecule has 2 fully saturated rings. The molecule has 0 bridgehead atoms. The number of hydrogen-bond donors (Lipinski definition) is 0. The molecule has 2 aliphatic heterocycles. The highest BCUT2D eigenvalue weighted by Crippen LogP contribution is 2.41. The fraction of sp³-hybridized carbons (Fsp3) is 0.324. The fourth-order valence-electron chi connectivity index (χ4n) is 6.37. The maximum atomic E-state index is 10.6. The predicted molar refractivity (Wildman–Crippen MR) is 161 cm³/mol. The summed E-state index contributed by atoms with van der Waals surface area (Å²) in [6.07, 6.45) is 10.2. The molecule has 1 atom stereocenters. The average molecular weight is 546 g/mol. The van der Waals surface area contributed by atoms with E-state index in [-0.39, 0.29) is 0 Å². The molecule has 40 heavy (non-hydrogen) atoms. The highest BCUT2D eigenvalue weighted by Gasteiger charge is 2.42. The van der Waals surface area contributed by atoms with Crippen LogP contribution >= 0.6 is 11.8 Å². The predicted octanol–water partition coefficient (Wildman–Crippen LogP) is 6.48. The van der Waals surface area contributed by atoms with Crippen molar-refractivity contribution < 1.29 is 0 Å². The molecular formula is C34H35N5S. The molecule has 0 amide bonds. The number of nitriles is 1. The van der Waals surface area contributed by atoms with Gasteiger partial charge >= 0.3 is 0 Å². The molecule has 2 aromatic heterocycles. The van der Waals surface area contributed by atoms with Crippen molar-refractivity contribution >= 4 is 17.4 Å². The highest BCUT2D eigenvalue weighted by molar-refractivity contribution is 7.99. The van der Waals surface area contributed by atoms with E-state index in [0.717, 1.165) is 57.5 Å². The van der Waals surface area contributed by atoms with Gasteiger partial charge < -0.3 is 9.80 Å². The van der Waals surface area contributed by atoms with Crippen molar-refractivity contribution in [3.8, 4) is 6.07 Å². The molecule has 1 unspecified atom stereocenters. The molecule has 0 spiro atoms. The number of nitrogens with zero attached hydrogens (tertiary/aromatic N) is 5. The zero-order chi connectivity index (χ0) is 27.2. The van der Waals surface area contributed by atoms with Gasteiger partial charge in [-0.15, -0.1) is 0 Å². The summed E-state index contributed by atoms with van der Waals surface area (Å²) in [5.41, 5.74) is 3.13. The van der Waals surface area contributed by atoms with E-state index in [0.29, 0.717) is 11.8 Å². The van der Waals surface area contributed by atoms with E-state index < -0.39 is 5.41 Å². The molecule has 2 aliphatic rings. The van der Waals surface area contributed by atoms with Crippen LogP contribution < -0.4 is 4.90 Å². The number of rotatable bonds is 9. The third-order valence-electron chi connectivity index (χ3n) is 8.57. The van der Waals surface area contributed by atoms with E-state index in [4.69, 9.17) is 0 Å². The van der Waals surface area contributed by atoms with Gasteiger partial charge in [0.2, 0.25) is 0 Å². The number of anilines is 1. The third-order valence-corrected chi connectivity index (χ3v) is 9.58. The first-order chi connectivity index (χ1) is 19.7. The minimum absolute atomic E-state index is 0.339. The lowest BCUT2D eigenvalue weighted by Gasteiger charge is -2.46. The normalized spacial score (nSPS) is 18.0. The summed E-state index contributed by atoms with van der Waals surface area (Å²) < 4.78 is 0. The van der Waals surface area contributed by atoms with Gasteiger partial charge in [0.15, 0.2) is 0 Å². The van der Waals surface area contributed by atoms with Crippen molar-refractivity contribution in [1.29, 1.82) is 5.26 Å². The molecule has 6 rings (SSSR count). The van der Waals surface area contributed by atoms with Crippen LogP contribution in [0.2, 0.25) is 0 Å². The average Bonchev–Trinajstić information content (AvgIpc) is 3.00. The monoisotopic (exact) mass is 545 g/mol. The van der Waals surface area contributed by atoms with Crippen LogP contribution in [0, 0.1) is 23.2 Å². The standard InChI is InChI=1S/C34H35N5S/c35-26-34(29-4-2-1-3-5-29,22-27-10-16-36-17-11-27)30-14-20-38(21-15-30)23-28-24-39(25-28)31-6-8-32(9-7-31)40-33-12-18-37-19-13-33/h1-13,16-19,28,30H,14-15,20-25H2. The number of likely N-dealkylation sites (tertiary alicyclic amines) is 1. The van der Waals surface area contributed by atoms with Crippen molar-refractivity contribution in [3.05, 3.63) is 115 Å². The van der Waals surface area contributed by atoms with E-state index >= 15 is 0 Å². The Morgan fingerprint density at radius 3 is 2.08 bits per heavy atom. The second kappa shape index (κ2) is 12.2. The first-order valence-electron chi connectivity index (χ1n) is 14.2. The topological polar surface area (TPSA) is 56.1 Å². The minimum Gasteiger partial charge on any atom is -0.371 e. The van der Waals surface area contributed by atoms with E-state index in [1.54, 1.807) is 11.8 Å². The van der Waals surface area contributed by atoms with Crippen LogP contribution in [0.15, 0.2) is 113 Å². The third kappa shape index (κ3) is 5.91. The van der Waals surface area contributed by atoms with Gasteiger partial charge in [-0.25, -0.2) is 0 Å². The first kappa shape index (κ1) is 26.6. The van der Waals surface area contributed by atoms with Gasteiger partial charge in [-0.05, 0) is 97.9 Å². The van der Waals surface area contributed by atoms with Crippen LogP contribution in [0.3, 0.4) is 0 Å². The largest absolute Gasteiger partial charge is 0.371 e. The number of benzene rings is 2. The molecular weight excluding hydrogens is 510 g/mol. The van der Waals surface area contributed by atoms with Crippen LogP contribution in [0.25, 0.3) is 0 Å². The molecule has 0 aliphatic carbocycles. The minimum atomic E-state index is -0.510. The summed E-state index contributed by atoms with van der Waals surface area (Å²) in [7, 11) is 0. The lowest BCUT2D eigenvalue weighted by molar-refractivity contribution is 0.124. The Hall–Kier alpha value is -3.66. The molecule has 0 saturated carbocycles. The molecule has 2 aromatic carbocycles. The molecule has 0 radical (unpaired) electrons. The quantitative estimate of drug-likeness (QED) is 0.240. The molecule has 6 heteroatoms. The Morgan fingerprint density at radius 2 is 1.43 bits per heavy atom. The van der Waals surface area contributed by atoms with Crippen molar-refractivity contribution in [2.45, 2.75) is 34.5 Å². The second-order valence-electron chi connectivity index (χ2n) is 11.1. The Balaban J connectivity index is 1.03. The summed E-state index contributed by atoms with van der Waals surface area (Å²) >= 11 is 1.77. The maximum absolute atomic E-state index is 10.6. The molecule has 0 N–H and O–H groups in total. The van der Waals surface area contributed by atoms with Gasteiger partial charge in [0.1, 0.15) is 0 Å². The Morgan fingerprint density at radius 1 is 0.800 bits per heavy atom. The summed E-state index contributed by atoms with van der Waals surface area (Å²) in [5.74, 6) is 1.04. The summed E-state index contributed by atoms with van der Waals surface area (Å²) in [6, 6.07) is 30.4. The van der Waals surface area contributed by atoms with Crippen LogP contribution in [0.4, 0.5) is 5.69 Å². The first-order valence-corrected chi connectivity index (χ1v) is 15.0. The number of piperidine rings is 1. The summed E-state index contributed by atoms with van der Waals surface area (Å²) in [5, 5.41) is 10.6. The molecule has 4 heterocycles. The second-order valence-corrected chi connectivity index (χ2v) is 12.3. The van der Waals surface area contributed by atoms with E-state index in [1.807, 2.05) is 43.0 Å². The van der Waals surface area contributed by atoms with Gasteiger partial charge in [0.25, 0.3) is 0 Å². The lowest BCUT2D eigenvalue weighted by atomic mass is 9.64. The van der Waals surface area contributed by atoms with E-state index in [2.05, 4.69) is 86.5 Å². The Kier molecular flexibility index (Phi) is 8.13. The zero-order valence-electron chi connectivity index (χ0n) is 22.8.